The van der Waals surface area contributed by atoms with Gasteiger partial charge in [-0.25, -0.2) is 0 Å². The minimum absolute atomic E-state index is 0.0942. The fourth-order valence-electron chi connectivity index (χ4n) is 1.18. The van der Waals surface area contributed by atoms with Gasteiger partial charge < -0.3 is 9.64 Å². The summed E-state index contributed by atoms with van der Waals surface area (Å²) >= 11 is 9.12. The van der Waals surface area contributed by atoms with E-state index < -0.39 is 5.97 Å². The highest BCUT2D eigenvalue weighted by Gasteiger charge is 2.15. The third-order valence-electron chi connectivity index (χ3n) is 2.11. The first-order chi connectivity index (χ1) is 7.95. The van der Waals surface area contributed by atoms with Crippen molar-refractivity contribution in [1.82, 2.24) is 4.90 Å². The fraction of sp³-hybridized carbons (Fsp3) is 0.273. The maximum atomic E-state index is 11.9. The van der Waals surface area contributed by atoms with Crippen molar-refractivity contribution in [1.29, 1.82) is 0 Å². The van der Waals surface area contributed by atoms with Crippen molar-refractivity contribution in [3.05, 3.63) is 33.3 Å². The Balaban J connectivity index is 2.81. The van der Waals surface area contributed by atoms with Crippen molar-refractivity contribution >= 4 is 39.4 Å². The summed E-state index contributed by atoms with van der Waals surface area (Å²) < 4.78 is 5.20. The number of carbonyl (C=O) groups is 2. The normalized spacial score (nSPS) is 9.88. The Morgan fingerprint density at radius 2 is 2.12 bits per heavy atom. The molecule has 0 spiro atoms. The van der Waals surface area contributed by atoms with E-state index in [0.717, 1.165) is 0 Å². The van der Waals surface area contributed by atoms with E-state index in [9.17, 15) is 9.59 Å². The first-order valence-corrected chi connectivity index (χ1v) is 5.90. The van der Waals surface area contributed by atoms with Crippen LogP contribution in [0.15, 0.2) is 22.7 Å². The molecule has 0 N–H and O–H groups in total. The lowest BCUT2D eigenvalue weighted by molar-refractivity contribution is -0.141. The van der Waals surface area contributed by atoms with E-state index in [1.807, 2.05) is 0 Å². The van der Waals surface area contributed by atoms with Crippen LogP contribution in [0.1, 0.15) is 10.4 Å². The lowest BCUT2D eigenvalue weighted by Crippen LogP contribution is -2.32. The number of carbonyl (C=O) groups excluding carboxylic acids is 2. The first-order valence-electron chi connectivity index (χ1n) is 4.73. The molecule has 1 rings (SSSR count). The zero-order valence-corrected chi connectivity index (χ0v) is 11.7. The number of amides is 1. The van der Waals surface area contributed by atoms with Gasteiger partial charge in [-0.3, -0.25) is 9.59 Å². The number of nitrogens with zero attached hydrogens (tertiary/aromatic N) is 1. The summed E-state index contributed by atoms with van der Waals surface area (Å²) in [5, 5.41) is 0.447. The molecule has 0 saturated heterocycles. The molecule has 0 atom stereocenters. The molecular weight excluding hydrogens is 309 g/mol. The summed E-state index contributed by atoms with van der Waals surface area (Å²) in [5.74, 6) is -0.756. The van der Waals surface area contributed by atoms with Crippen LogP contribution in [0.2, 0.25) is 5.02 Å². The van der Waals surface area contributed by atoms with Crippen molar-refractivity contribution in [3.8, 4) is 0 Å². The second kappa shape index (κ2) is 6.02. The number of rotatable bonds is 3. The topological polar surface area (TPSA) is 46.6 Å². The van der Waals surface area contributed by atoms with Crippen molar-refractivity contribution in [2.24, 2.45) is 0 Å². The van der Waals surface area contributed by atoms with Gasteiger partial charge in [0.15, 0.2) is 0 Å². The lowest BCUT2D eigenvalue weighted by atomic mass is 10.2. The molecule has 1 aromatic rings. The van der Waals surface area contributed by atoms with Crippen LogP contribution in [0.25, 0.3) is 0 Å². The standard InChI is InChI=1S/C11H11BrClNO3/c1-14(6-10(15)17-2)11(16)7-3-4-8(12)9(13)5-7/h3-5H,6H2,1-2H3. The molecule has 0 aliphatic carbocycles. The third-order valence-corrected chi connectivity index (χ3v) is 3.34. The minimum atomic E-state index is -0.468. The van der Waals surface area contributed by atoms with Crippen LogP contribution < -0.4 is 0 Å². The molecule has 4 nitrogen and oxygen atoms in total. The average Bonchev–Trinajstić information content (AvgIpc) is 2.31. The van der Waals surface area contributed by atoms with Crippen molar-refractivity contribution < 1.29 is 14.3 Å². The van der Waals surface area contributed by atoms with Crippen LogP contribution in [0.3, 0.4) is 0 Å². The Hall–Kier alpha value is -1.07. The van der Waals surface area contributed by atoms with Gasteiger partial charge in [0, 0.05) is 17.1 Å². The van der Waals surface area contributed by atoms with Crippen LogP contribution in [0, 0.1) is 0 Å². The summed E-state index contributed by atoms with van der Waals surface area (Å²) in [5.41, 5.74) is 0.421. The van der Waals surface area contributed by atoms with Crippen molar-refractivity contribution in [2.75, 3.05) is 20.7 Å². The molecule has 17 heavy (non-hydrogen) atoms. The second-order valence-corrected chi connectivity index (χ2v) is 4.63. The second-order valence-electron chi connectivity index (χ2n) is 3.37. The van der Waals surface area contributed by atoms with Gasteiger partial charge in [0.1, 0.15) is 6.54 Å². The van der Waals surface area contributed by atoms with Gasteiger partial charge in [0.2, 0.25) is 0 Å². The van der Waals surface area contributed by atoms with Crippen LogP contribution in [0.5, 0.6) is 0 Å². The fourth-order valence-corrected chi connectivity index (χ4v) is 1.61. The van der Waals surface area contributed by atoms with E-state index in [4.69, 9.17) is 11.6 Å². The summed E-state index contributed by atoms with van der Waals surface area (Å²) in [6.45, 7) is -0.0942. The van der Waals surface area contributed by atoms with Gasteiger partial charge in [-0.1, -0.05) is 11.6 Å². The molecule has 0 bridgehead atoms. The van der Waals surface area contributed by atoms with Crippen LogP contribution >= 0.6 is 27.5 Å². The Kier molecular flexibility index (Phi) is 4.96. The van der Waals surface area contributed by atoms with Gasteiger partial charge in [0.25, 0.3) is 5.91 Å². The Morgan fingerprint density at radius 1 is 1.47 bits per heavy atom. The largest absolute Gasteiger partial charge is 0.468 e. The first kappa shape index (κ1) is 14.0. The zero-order valence-electron chi connectivity index (χ0n) is 9.37. The van der Waals surface area contributed by atoms with E-state index in [1.54, 1.807) is 18.2 Å². The number of halogens is 2. The van der Waals surface area contributed by atoms with E-state index in [0.29, 0.717) is 15.1 Å². The van der Waals surface area contributed by atoms with Gasteiger partial charge >= 0.3 is 5.97 Å². The molecule has 0 saturated carbocycles. The Bertz CT molecular complexity index is 450. The Morgan fingerprint density at radius 3 is 2.65 bits per heavy atom. The summed E-state index contributed by atoms with van der Waals surface area (Å²) in [4.78, 5) is 24.2. The van der Waals surface area contributed by atoms with Gasteiger partial charge in [-0.15, -0.1) is 0 Å². The molecule has 0 fully saturated rings. The van der Waals surface area contributed by atoms with Gasteiger partial charge in [-0.2, -0.15) is 0 Å². The highest BCUT2D eigenvalue weighted by atomic mass is 79.9. The van der Waals surface area contributed by atoms with E-state index in [1.165, 1.54) is 19.1 Å². The lowest BCUT2D eigenvalue weighted by Gasteiger charge is -2.15. The number of esters is 1. The number of methoxy groups -OCH3 is 1. The molecule has 92 valence electrons. The predicted molar refractivity (Wildman–Crippen MR) is 68.1 cm³/mol. The summed E-state index contributed by atoms with van der Waals surface area (Å²) in [6.07, 6.45) is 0. The number of benzene rings is 1. The number of ether oxygens (including phenoxy) is 1. The van der Waals surface area contributed by atoms with Gasteiger partial charge in [0.05, 0.1) is 12.1 Å². The smallest absolute Gasteiger partial charge is 0.325 e. The van der Waals surface area contributed by atoms with E-state index in [-0.39, 0.29) is 12.5 Å². The molecule has 0 aliphatic rings. The summed E-state index contributed by atoms with van der Waals surface area (Å²) in [6, 6.07) is 4.86. The third kappa shape index (κ3) is 3.71. The van der Waals surface area contributed by atoms with Crippen LogP contribution in [-0.2, 0) is 9.53 Å². The zero-order chi connectivity index (χ0) is 13.0. The molecule has 0 radical (unpaired) electrons. The number of hydrogen-bond acceptors (Lipinski definition) is 3. The van der Waals surface area contributed by atoms with E-state index >= 15 is 0 Å². The molecular formula is C11H11BrClNO3. The highest BCUT2D eigenvalue weighted by molar-refractivity contribution is 9.10. The molecule has 6 heteroatoms. The minimum Gasteiger partial charge on any atom is -0.468 e. The monoisotopic (exact) mass is 319 g/mol. The quantitative estimate of drug-likeness (QED) is 0.803. The van der Waals surface area contributed by atoms with Crippen molar-refractivity contribution in [2.45, 2.75) is 0 Å². The predicted octanol–water partition coefficient (Wildman–Crippen LogP) is 2.35. The van der Waals surface area contributed by atoms with Gasteiger partial charge in [-0.05, 0) is 34.1 Å². The number of likely N-dealkylation sites (N-methyl/N-ethyl adjacent to an activating group) is 1. The van der Waals surface area contributed by atoms with E-state index in [2.05, 4.69) is 20.7 Å². The maximum absolute atomic E-state index is 11.9. The Labute approximate surface area is 113 Å². The SMILES string of the molecule is COC(=O)CN(C)C(=O)c1ccc(Br)c(Cl)c1. The maximum Gasteiger partial charge on any atom is 0.325 e. The highest BCUT2D eigenvalue weighted by Crippen LogP contribution is 2.23. The van der Waals surface area contributed by atoms with Crippen molar-refractivity contribution in [3.63, 3.8) is 0 Å². The molecule has 0 aliphatic heterocycles. The molecule has 0 heterocycles. The summed E-state index contributed by atoms with van der Waals surface area (Å²) in [7, 11) is 2.80. The molecule has 1 aromatic carbocycles. The molecule has 0 aromatic heterocycles. The molecule has 0 unspecified atom stereocenters. The molecule has 1 amide bonds. The number of hydrogen-bond donors (Lipinski definition) is 0. The van der Waals surface area contributed by atoms with Crippen LogP contribution in [0.4, 0.5) is 0 Å². The van der Waals surface area contributed by atoms with Crippen LogP contribution in [-0.4, -0.2) is 37.5 Å². The average molecular weight is 321 g/mol.